The molecule has 0 heterocycles. The third kappa shape index (κ3) is 4.96. The molecule has 2 rings (SSSR count). The Labute approximate surface area is 129 Å². The molecule has 122 valence electrons. The quantitative estimate of drug-likeness (QED) is 0.643. The maximum atomic E-state index is 11.6. The first-order chi connectivity index (χ1) is 9.89. The van der Waals surface area contributed by atoms with Crippen molar-refractivity contribution in [1.29, 1.82) is 0 Å². The molecule has 0 aromatic rings. The number of rotatable bonds is 9. The minimum Gasteiger partial charge on any atom is -0.377 e. The lowest BCUT2D eigenvalue weighted by atomic mass is 9.64. The molecule has 0 spiro atoms. The largest absolute Gasteiger partial charge is 0.377 e. The lowest BCUT2D eigenvalue weighted by Crippen LogP contribution is -2.61. The van der Waals surface area contributed by atoms with Crippen molar-refractivity contribution < 1.29 is 9.53 Å². The van der Waals surface area contributed by atoms with Gasteiger partial charge in [-0.25, -0.2) is 0 Å². The van der Waals surface area contributed by atoms with Gasteiger partial charge >= 0.3 is 0 Å². The van der Waals surface area contributed by atoms with Gasteiger partial charge in [-0.1, -0.05) is 27.7 Å². The van der Waals surface area contributed by atoms with Gasteiger partial charge in [0.15, 0.2) is 0 Å². The van der Waals surface area contributed by atoms with Crippen LogP contribution >= 0.6 is 0 Å². The molecule has 2 saturated carbocycles. The average molecular weight is 296 g/mol. The highest BCUT2D eigenvalue weighted by Gasteiger charge is 2.48. The maximum absolute atomic E-state index is 11.6. The van der Waals surface area contributed by atoms with E-state index < -0.39 is 0 Å². The van der Waals surface area contributed by atoms with Crippen LogP contribution in [0.1, 0.15) is 59.8 Å². The second kappa shape index (κ2) is 7.10. The van der Waals surface area contributed by atoms with Crippen molar-refractivity contribution in [3.8, 4) is 0 Å². The molecule has 2 atom stereocenters. The fourth-order valence-corrected chi connectivity index (χ4v) is 2.88. The molecule has 4 nitrogen and oxygen atoms in total. The summed E-state index contributed by atoms with van der Waals surface area (Å²) in [5.74, 6) is 0.808. The van der Waals surface area contributed by atoms with E-state index in [9.17, 15) is 4.79 Å². The van der Waals surface area contributed by atoms with E-state index in [1.54, 1.807) is 0 Å². The molecule has 0 aromatic carbocycles. The molecular weight excluding hydrogens is 264 g/mol. The molecule has 0 radical (unpaired) electrons. The highest BCUT2D eigenvalue weighted by molar-refractivity contribution is 5.76. The van der Waals surface area contributed by atoms with Crippen LogP contribution in [-0.2, 0) is 9.53 Å². The number of ether oxygens (including phenoxy) is 1. The molecule has 21 heavy (non-hydrogen) atoms. The summed E-state index contributed by atoms with van der Waals surface area (Å²) < 4.78 is 5.98. The first-order valence-electron chi connectivity index (χ1n) is 8.54. The van der Waals surface area contributed by atoms with Gasteiger partial charge in [-0.15, -0.1) is 0 Å². The van der Waals surface area contributed by atoms with E-state index in [0.29, 0.717) is 30.5 Å². The first-order valence-corrected chi connectivity index (χ1v) is 8.54. The van der Waals surface area contributed by atoms with Gasteiger partial charge in [0.05, 0.1) is 6.10 Å². The van der Waals surface area contributed by atoms with Crippen LogP contribution in [0.15, 0.2) is 0 Å². The summed E-state index contributed by atoms with van der Waals surface area (Å²) in [6.07, 6.45) is 5.35. The Hall–Kier alpha value is -0.610. The van der Waals surface area contributed by atoms with Crippen molar-refractivity contribution >= 4 is 5.91 Å². The number of hydrogen-bond acceptors (Lipinski definition) is 3. The third-order valence-electron chi connectivity index (χ3n) is 4.72. The van der Waals surface area contributed by atoms with Crippen molar-refractivity contribution in [3.05, 3.63) is 0 Å². The molecule has 2 unspecified atom stereocenters. The SMILES string of the molecule is CC(C)COC1CC(NCCCC(=O)NC2CC2)C1(C)C. The summed E-state index contributed by atoms with van der Waals surface area (Å²) in [6, 6.07) is 0.996. The second-order valence-electron chi connectivity index (χ2n) is 7.72. The predicted octanol–water partition coefficient (Wildman–Crippen LogP) is 2.47. The zero-order valence-electron chi connectivity index (χ0n) is 14.1. The van der Waals surface area contributed by atoms with Crippen LogP contribution < -0.4 is 10.6 Å². The maximum Gasteiger partial charge on any atom is 0.220 e. The van der Waals surface area contributed by atoms with E-state index in [-0.39, 0.29) is 11.3 Å². The monoisotopic (exact) mass is 296 g/mol. The van der Waals surface area contributed by atoms with E-state index in [1.807, 2.05) is 0 Å². The van der Waals surface area contributed by atoms with Crippen molar-refractivity contribution in [3.63, 3.8) is 0 Å². The van der Waals surface area contributed by atoms with Crippen molar-refractivity contribution in [1.82, 2.24) is 10.6 Å². The van der Waals surface area contributed by atoms with Gasteiger partial charge in [0.2, 0.25) is 5.91 Å². The van der Waals surface area contributed by atoms with E-state index in [1.165, 1.54) is 0 Å². The van der Waals surface area contributed by atoms with Crippen LogP contribution in [0, 0.1) is 11.3 Å². The van der Waals surface area contributed by atoms with Crippen molar-refractivity contribution in [2.75, 3.05) is 13.2 Å². The fourth-order valence-electron chi connectivity index (χ4n) is 2.88. The number of carbonyl (C=O) groups excluding carboxylic acids is 1. The highest BCUT2D eigenvalue weighted by Crippen LogP contribution is 2.42. The Morgan fingerprint density at radius 3 is 2.62 bits per heavy atom. The fraction of sp³-hybridized carbons (Fsp3) is 0.941. The Morgan fingerprint density at radius 2 is 2.05 bits per heavy atom. The minimum absolute atomic E-state index is 0.200. The number of nitrogens with one attached hydrogen (secondary N) is 2. The van der Waals surface area contributed by atoms with Gasteiger partial charge in [-0.3, -0.25) is 4.79 Å². The summed E-state index contributed by atoms with van der Waals surface area (Å²) in [5, 5.41) is 6.63. The minimum atomic E-state index is 0.200. The van der Waals surface area contributed by atoms with Gasteiger partial charge in [-0.2, -0.15) is 0 Å². The summed E-state index contributed by atoms with van der Waals surface area (Å²) in [6.45, 7) is 10.7. The Bertz CT molecular complexity index is 351. The lowest BCUT2D eigenvalue weighted by molar-refractivity contribution is -0.124. The van der Waals surface area contributed by atoms with Gasteiger partial charge < -0.3 is 15.4 Å². The topological polar surface area (TPSA) is 50.4 Å². The zero-order valence-corrected chi connectivity index (χ0v) is 14.1. The predicted molar refractivity (Wildman–Crippen MR) is 85.2 cm³/mol. The van der Waals surface area contributed by atoms with Gasteiger partial charge in [-0.05, 0) is 38.1 Å². The Kier molecular flexibility index (Phi) is 5.67. The summed E-state index contributed by atoms with van der Waals surface area (Å²) >= 11 is 0. The second-order valence-corrected chi connectivity index (χ2v) is 7.72. The molecule has 2 fully saturated rings. The molecule has 0 saturated heterocycles. The van der Waals surface area contributed by atoms with Crippen LogP contribution in [0.2, 0.25) is 0 Å². The standard InChI is InChI=1S/C17H32N2O2/c1-12(2)11-21-15-10-14(17(15,3)4)18-9-5-6-16(20)19-13-7-8-13/h12-15,18H,5-11H2,1-4H3,(H,19,20). The number of hydrogen-bond donors (Lipinski definition) is 2. The highest BCUT2D eigenvalue weighted by atomic mass is 16.5. The smallest absolute Gasteiger partial charge is 0.220 e. The van der Waals surface area contributed by atoms with Gasteiger partial charge in [0.25, 0.3) is 0 Å². The Morgan fingerprint density at radius 1 is 1.33 bits per heavy atom. The van der Waals surface area contributed by atoms with E-state index in [2.05, 4.69) is 38.3 Å². The molecule has 0 bridgehead atoms. The molecule has 2 N–H and O–H groups in total. The van der Waals surface area contributed by atoms with Crippen LogP contribution in [0.3, 0.4) is 0 Å². The van der Waals surface area contributed by atoms with E-state index in [4.69, 9.17) is 4.74 Å². The van der Waals surface area contributed by atoms with Crippen molar-refractivity contribution in [2.45, 2.75) is 78.0 Å². The van der Waals surface area contributed by atoms with Crippen LogP contribution in [-0.4, -0.2) is 37.2 Å². The lowest BCUT2D eigenvalue weighted by Gasteiger charge is -2.52. The number of amides is 1. The molecule has 4 heteroatoms. The van der Waals surface area contributed by atoms with E-state index in [0.717, 1.165) is 38.8 Å². The molecular formula is C17H32N2O2. The van der Waals surface area contributed by atoms with Crippen LogP contribution in [0.5, 0.6) is 0 Å². The molecule has 1 amide bonds. The van der Waals surface area contributed by atoms with Crippen LogP contribution in [0.25, 0.3) is 0 Å². The van der Waals surface area contributed by atoms with E-state index >= 15 is 0 Å². The molecule has 2 aliphatic carbocycles. The average Bonchev–Trinajstić information content (AvgIpc) is 3.19. The van der Waals surface area contributed by atoms with Gasteiger partial charge in [0.1, 0.15) is 0 Å². The summed E-state index contributed by atoms with van der Waals surface area (Å²) in [7, 11) is 0. The van der Waals surface area contributed by atoms with Crippen molar-refractivity contribution in [2.24, 2.45) is 11.3 Å². The molecule has 2 aliphatic rings. The summed E-state index contributed by atoms with van der Waals surface area (Å²) in [4.78, 5) is 11.6. The first kappa shape index (κ1) is 16.8. The zero-order chi connectivity index (χ0) is 15.5. The van der Waals surface area contributed by atoms with Crippen LogP contribution in [0.4, 0.5) is 0 Å². The normalized spacial score (nSPS) is 27.5. The molecule has 0 aromatic heterocycles. The number of carbonyl (C=O) groups is 1. The summed E-state index contributed by atoms with van der Waals surface area (Å²) in [5.41, 5.74) is 0.200. The van der Waals surface area contributed by atoms with Gasteiger partial charge in [0, 0.05) is 30.5 Å². The Balaban J connectivity index is 1.55. The molecule has 0 aliphatic heterocycles. The third-order valence-corrected chi connectivity index (χ3v) is 4.72.